The Labute approximate surface area is 435 Å². The molecule has 20 nitrogen and oxygen atoms in total. The number of halogens is 2. The number of fused-ring (bicyclic) bond motifs is 4. The summed E-state index contributed by atoms with van der Waals surface area (Å²) in [4.78, 5) is 45.3. The summed E-state index contributed by atoms with van der Waals surface area (Å²) in [5, 5.41) is 45.5. The monoisotopic (exact) mass is 1070 g/mol. The first-order valence-electron chi connectivity index (χ1n) is 24.7. The molecule has 5 N–H and O–H groups in total. The van der Waals surface area contributed by atoms with E-state index in [0.29, 0.717) is 74.7 Å². The number of ether oxygens (including phenoxy) is 3. The molecule has 2 aromatic carbocycles. The number of nitrogens with zero attached hydrogens (tertiary/aromatic N) is 10. The van der Waals surface area contributed by atoms with Crippen molar-refractivity contribution in [3.05, 3.63) is 83.9 Å². The van der Waals surface area contributed by atoms with Crippen molar-refractivity contribution in [1.29, 1.82) is 0 Å². The van der Waals surface area contributed by atoms with E-state index in [4.69, 9.17) is 24.2 Å². The van der Waals surface area contributed by atoms with E-state index in [1.807, 2.05) is 0 Å². The molecule has 0 saturated heterocycles. The van der Waals surface area contributed by atoms with Gasteiger partial charge in [-0.05, 0) is 62.3 Å². The smallest absolute Gasteiger partial charge is 0.255 e. The lowest BCUT2D eigenvalue weighted by atomic mass is 10.1. The van der Waals surface area contributed by atoms with Crippen LogP contribution in [0.1, 0.15) is 34.6 Å². The fourth-order valence-electron chi connectivity index (χ4n) is 8.07. The van der Waals surface area contributed by atoms with Gasteiger partial charge in [0.05, 0.1) is 72.1 Å². The van der Waals surface area contributed by atoms with Gasteiger partial charge in [-0.25, -0.2) is 28.7 Å². The van der Waals surface area contributed by atoms with Crippen molar-refractivity contribution < 1.29 is 47.9 Å². The first-order valence-corrected chi connectivity index (χ1v) is 32.1. The first kappa shape index (κ1) is 56.3. The summed E-state index contributed by atoms with van der Waals surface area (Å²) in [5.41, 5.74) is 5.28. The third kappa shape index (κ3) is 13.5. The number of amides is 2. The van der Waals surface area contributed by atoms with Crippen LogP contribution in [0.25, 0.3) is 66.9 Å². The Hall–Kier alpha value is -6.39. The average Bonchev–Trinajstić information content (AvgIpc) is 4.10. The number of aliphatic hydroxyl groups is 3. The van der Waals surface area contributed by atoms with Gasteiger partial charge in [0.1, 0.15) is 58.9 Å². The minimum atomic E-state index is -1.27. The van der Waals surface area contributed by atoms with Crippen LogP contribution in [0.5, 0.6) is 0 Å². The van der Waals surface area contributed by atoms with Crippen molar-refractivity contribution in [2.24, 2.45) is 14.1 Å². The number of benzene rings is 2. The fourth-order valence-corrected chi connectivity index (χ4v) is 9.59. The molecule has 8 rings (SSSR count). The van der Waals surface area contributed by atoms with E-state index in [9.17, 15) is 33.7 Å². The molecule has 402 valence electrons. The molecular weight excluding hydrogens is 1000 g/mol. The molecule has 4 atom stereocenters. The Morgan fingerprint density at radius 1 is 0.680 bits per heavy atom. The topological polar surface area (TPSA) is 244 Å². The zero-order valence-electron chi connectivity index (χ0n) is 44.4. The number of carbonyl (C=O) groups excluding carboxylic acids is 2. The zero-order chi connectivity index (χ0) is 54.5. The minimum Gasteiger partial charge on any atom is -0.394 e. The Kier molecular flexibility index (Phi) is 17.8. The Balaban J connectivity index is 0.000000219. The second kappa shape index (κ2) is 23.7. The molecule has 75 heavy (non-hydrogen) atoms. The number of hydrogen-bond donors (Lipinski definition) is 5. The maximum atomic E-state index is 13.8. The molecule has 0 bridgehead atoms. The fraction of sp³-hybridized carbons (Fsp3) is 0.451. The van der Waals surface area contributed by atoms with Crippen molar-refractivity contribution in [2.75, 3.05) is 33.5 Å². The van der Waals surface area contributed by atoms with E-state index < -0.39 is 58.9 Å². The van der Waals surface area contributed by atoms with E-state index in [1.54, 1.807) is 76.4 Å². The minimum absolute atomic E-state index is 0.148. The maximum absolute atomic E-state index is 13.8. The van der Waals surface area contributed by atoms with Crippen molar-refractivity contribution in [3.8, 4) is 22.8 Å². The highest BCUT2D eigenvalue weighted by molar-refractivity contribution is 6.76. The molecule has 6 heterocycles. The lowest BCUT2D eigenvalue weighted by molar-refractivity contribution is 0.0662. The molecule has 0 aliphatic carbocycles. The van der Waals surface area contributed by atoms with E-state index in [-0.39, 0.29) is 42.8 Å². The predicted molar refractivity (Wildman–Crippen MR) is 287 cm³/mol. The predicted octanol–water partition coefficient (Wildman–Crippen LogP) is 6.47. The number of aliphatic hydroxyl groups excluding tert-OH is 3. The molecule has 0 saturated carbocycles. The Morgan fingerprint density at radius 3 is 1.47 bits per heavy atom. The summed E-state index contributed by atoms with van der Waals surface area (Å²) in [6, 6.07) is 9.39. The third-order valence-electron chi connectivity index (χ3n) is 12.5. The summed E-state index contributed by atoms with van der Waals surface area (Å²) >= 11 is 0. The lowest BCUT2D eigenvalue weighted by Crippen LogP contribution is -2.45. The van der Waals surface area contributed by atoms with Gasteiger partial charge in [-0.1, -0.05) is 39.3 Å². The molecule has 0 aliphatic heterocycles. The summed E-state index contributed by atoms with van der Waals surface area (Å²) in [7, 11) is 2.42. The van der Waals surface area contributed by atoms with Crippen LogP contribution in [-0.4, -0.2) is 150 Å². The lowest BCUT2D eigenvalue weighted by Gasteiger charge is -2.20. The molecule has 8 aromatic rings. The van der Waals surface area contributed by atoms with E-state index in [1.165, 1.54) is 38.3 Å². The molecule has 0 radical (unpaired) electrons. The second-order valence-electron chi connectivity index (χ2n) is 21.1. The number of aromatic nitrogens is 10. The maximum Gasteiger partial charge on any atom is 0.255 e. The number of methoxy groups -OCH3 is 1. The molecule has 0 unspecified atom stereocenters. The number of rotatable bonds is 21. The molecule has 6 aromatic heterocycles. The third-order valence-corrected chi connectivity index (χ3v) is 15.9. The summed E-state index contributed by atoms with van der Waals surface area (Å²) in [5.74, 6) is -1.66. The average molecular weight is 1070 g/mol. The van der Waals surface area contributed by atoms with Gasteiger partial charge in [0, 0.05) is 73.7 Å². The molecule has 0 aliphatic rings. The molecule has 24 heteroatoms. The normalized spacial score (nSPS) is 13.8. The molecular formula is C51H68F2N12O8Si2. The molecule has 2 amide bonds. The first-order chi connectivity index (χ1) is 35.5. The van der Waals surface area contributed by atoms with Crippen molar-refractivity contribution >= 4 is 72.1 Å². The van der Waals surface area contributed by atoms with Crippen LogP contribution < -0.4 is 10.6 Å². The molecule has 0 spiro atoms. The van der Waals surface area contributed by atoms with Crippen LogP contribution in [0.3, 0.4) is 0 Å². The van der Waals surface area contributed by atoms with Crippen LogP contribution in [0.2, 0.25) is 51.4 Å². The number of nitrogens with one attached hydrogen (secondary N) is 2. The van der Waals surface area contributed by atoms with Gasteiger partial charge in [0.25, 0.3) is 11.8 Å². The van der Waals surface area contributed by atoms with Crippen LogP contribution >= 0.6 is 0 Å². The Morgan fingerprint density at radius 2 is 1.09 bits per heavy atom. The van der Waals surface area contributed by atoms with Gasteiger partial charge in [0.15, 0.2) is 11.3 Å². The van der Waals surface area contributed by atoms with E-state index >= 15 is 0 Å². The van der Waals surface area contributed by atoms with Crippen LogP contribution in [-0.2, 0) is 41.8 Å². The second-order valence-corrected chi connectivity index (χ2v) is 32.4. The van der Waals surface area contributed by atoms with Gasteiger partial charge in [0.2, 0.25) is 0 Å². The van der Waals surface area contributed by atoms with Gasteiger partial charge in [-0.2, -0.15) is 10.2 Å². The Bertz CT molecular complexity index is 3310. The largest absolute Gasteiger partial charge is 0.394 e. The quantitative estimate of drug-likeness (QED) is 0.0383. The van der Waals surface area contributed by atoms with Crippen molar-refractivity contribution in [3.63, 3.8) is 0 Å². The van der Waals surface area contributed by atoms with Gasteiger partial charge in [-0.3, -0.25) is 19.0 Å². The SMILES string of the molecule is COC[C@@H](NC(=O)c1cn(COCC[Si](C)(C)C)c2ncc(-c3nn(C)c4cc(F)ccc34)nc12)[C@@H](C)O.C[C@@H](O)[C@@H](CO)NC(=O)c1cn(COCC[Si](C)(C)C)c2ncc(-c3nn(C)c4cc(F)ccc34)nc12. The summed E-state index contributed by atoms with van der Waals surface area (Å²) in [6.45, 7) is 18.1. The standard InChI is InChI=1S/C26H35FN6O4Si.C25H33FN6O4Si/c1-16(34)21(14-36-3)30-26(35)19-13-33(15-37-9-10-38(4,5)6)25-24(19)29-20(12-28-25)23-18-8-7-17(27)11-22(18)32(2)31-23;1-15(34)20(13-33)29-25(35)18-12-32(14-36-8-9-37(3,4)5)24-23(18)28-19(11-27-24)22-17-7-6-16(26)10-21(17)31(2)30-22/h7-8,11-13,16,21,34H,9-10,14-15H2,1-6H3,(H,30,35);6-7,10-12,15,20,33-34H,8-9,13-14H2,1-5H3,(H,29,35)/t16-,21-;15-,20-/m11/s1. The van der Waals surface area contributed by atoms with Crippen LogP contribution in [0.15, 0.2) is 61.2 Å². The highest BCUT2D eigenvalue weighted by Gasteiger charge is 2.27. The van der Waals surface area contributed by atoms with Gasteiger partial charge in [-0.15, -0.1) is 0 Å². The van der Waals surface area contributed by atoms with Gasteiger partial charge < -0.3 is 49.3 Å². The van der Waals surface area contributed by atoms with Gasteiger partial charge >= 0.3 is 0 Å². The highest BCUT2D eigenvalue weighted by atomic mass is 28.3. The van der Waals surface area contributed by atoms with E-state index in [0.717, 1.165) is 17.5 Å². The van der Waals surface area contributed by atoms with E-state index in [2.05, 4.69) is 70.1 Å². The number of hydrogen-bond acceptors (Lipinski definition) is 14. The van der Waals surface area contributed by atoms with Crippen molar-refractivity contribution in [1.82, 2.24) is 59.3 Å². The van der Waals surface area contributed by atoms with Crippen LogP contribution in [0, 0.1) is 11.6 Å². The zero-order valence-corrected chi connectivity index (χ0v) is 46.4. The number of aryl methyl sites for hydroxylation is 2. The molecule has 0 fully saturated rings. The highest BCUT2D eigenvalue weighted by Crippen LogP contribution is 2.31. The summed E-state index contributed by atoms with van der Waals surface area (Å²) in [6.07, 6.45) is 4.67. The van der Waals surface area contributed by atoms with Crippen LogP contribution in [0.4, 0.5) is 8.78 Å². The van der Waals surface area contributed by atoms with Crippen molar-refractivity contribution in [2.45, 2.75) is 103 Å². The summed E-state index contributed by atoms with van der Waals surface area (Å²) < 4.78 is 51.2. The number of carbonyl (C=O) groups is 2.